The second kappa shape index (κ2) is 17.8. The van der Waals surface area contributed by atoms with Crippen LogP contribution in [0.15, 0.2) is 64.5 Å². The van der Waals surface area contributed by atoms with Gasteiger partial charge in [-0.1, -0.05) is 51.2 Å². The summed E-state index contributed by atoms with van der Waals surface area (Å²) in [4.78, 5) is 11.9. The molecule has 0 spiro atoms. The van der Waals surface area contributed by atoms with Gasteiger partial charge in [-0.3, -0.25) is 4.79 Å². The van der Waals surface area contributed by atoms with Crippen molar-refractivity contribution < 1.29 is 36.2 Å². The fourth-order valence-corrected chi connectivity index (χ4v) is 3.10. The fourth-order valence-electron chi connectivity index (χ4n) is 3.10. The zero-order valence-corrected chi connectivity index (χ0v) is 22.8. The lowest BCUT2D eigenvalue weighted by Gasteiger charge is -2.08. The molecule has 0 aliphatic heterocycles. The van der Waals surface area contributed by atoms with Gasteiger partial charge in [0.05, 0.1) is 19.6 Å². The standard InChI is InChI=1S/C27H29F5N2O3.C2H6/c1-4-14-36-20-10-6-9-19(12-13-20)15-17(3)34-33-16-18(5-2)8-7-11-21(35)37-27-25(31)23(29)22(28)24(30)26(27)32;1-2/h5,7-10,12-13,33H,4,6,11,14-16H2,1-3H3;1-2H3/b8-7-,18-5+,34-17+;. The van der Waals surface area contributed by atoms with Crippen LogP contribution in [0.4, 0.5) is 22.0 Å². The number of rotatable bonds is 12. The van der Waals surface area contributed by atoms with E-state index in [0.29, 0.717) is 19.6 Å². The van der Waals surface area contributed by atoms with E-state index in [0.717, 1.165) is 35.5 Å². The van der Waals surface area contributed by atoms with Crippen LogP contribution in [-0.4, -0.2) is 24.8 Å². The van der Waals surface area contributed by atoms with Crippen LogP contribution < -0.4 is 10.2 Å². The van der Waals surface area contributed by atoms with Crippen LogP contribution in [0.2, 0.25) is 0 Å². The summed E-state index contributed by atoms with van der Waals surface area (Å²) in [5.41, 5.74) is 5.62. The van der Waals surface area contributed by atoms with E-state index in [1.54, 1.807) is 19.1 Å². The van der Waals surface area contributed by atoms with E-state index >= 15 is 0 Å². The molecule has 0 saturated heterocycles. The minimum Gasteiger partial charge on any atom is -0.494 e. The average molecular weight is 555 g/mol. The lowest BCUT2D eigenvalue weighted by Crippen LogP contribution is -2.13. The molecule has 39 heavy (non-hydrogen) atoms. The molecule has 0 unspecified atom stereocenters. The van der Waals surface area contributed by atoms with E-state index < -0.39 is 47.2 Å². The Balaban J connectivity index is 0.00000371. The molecule has 0 fully saturated rings. The minimum absolute atomic E-state index is 0.322. The molecule has 1 aromatic carbocycles. The summed E-state index contributed by atoms with van der Waals surface area (Å²) >= 11 is 0. The maximum atomic E-state index is 13.6. The SMILES string of the molecule is C/C=C(\C=C/CC(=O)Oc1c(F)c(F)c(F)c(F)c1F)CN/N=C(\C)CC1=CCC=C(OCCC)C=C1.CC. The Labute approximate surface area is 226 Å². The molecule has 0 bridgehead atoms. The quantitative estimate of drug-likeness (QED) is 0.0419. The van der Waals surface area contributed by atoms with Crippen molar-refractivity contribution in [3.63, 3.8) is 0 Å². The molecule has 0 aromatic heterocycles. The summed E-state index contributed by atoms with van der Waals surface area (Å²) in [6, 6.07) is 0. The second-order valence-electron chi connectivity index (χ2n) is 8.00. The number of benzene rings is 1. The van der Waals surface area contributed by atoms with Gasteiger partial charge in [-0.15, -0.1) is 0 Å². The van der Waals surface area contributed by atoms with E-state index in [4.69, 9.17) is 4.74 Å². The zero-order chi connectivity index (χ0) is 29.4. The first kappa shape index (κ1) is 33.3. The smallest absolute Gasteiger partial charge is 0.315 e. The number of esters is 1. The Hall–Kier alpha value is -3.69. The van der Waals surface area contributed by atoms with Gasteiger partial charge in [0.1, 0.15) is 5.76 Å². The van der Waals surface area contributed by atoms with Gasteiger partial charge in [0.2, 0.25) is 34.8 Å². The Morgan fingerprint density at radius 3 is 2.28 bits per heavy atom. The molecule has 2 rings (SSSR count). The minimum atomic E-state index is -2.33. The van der Waals surface area contributed by atoms with Crippen LogP contribution in [-0.2, 0) is 9.53 Å². The highest BCUT2D eigenvalue weighted by atomic mass is 19.2. The molecule has 10 heteroatoms. The predicted octanol–water partition coefficient (Wildman–Crippen LogP) is 7.76. The topological polar surface area (TPSA) is 59.9 Å². The van der Waals surface area contributed by atoms with Crippen molar-refractivity contribution in [3.05, 3.63) is 88.5 Å². The van der Waals surface area contributed by atoms with Crippen molar-refractivity contribution in [1.29, 1.82) is 0 Å². The first-order valence-corrected chi connectivity index (χ1v) is 12.7. The second-order valence-corrected chi connectivity index (χ2v) is 8.00. The number of allylic oxidation sites excluding steroid dienone is 6. The molecule has 0 radical (unpaired) electrons. The summed E-state index contributed by atoms with van der Waals surface area (Å²) in [7, 11) is 0. The van der Waals surface area contributed by atoms with Gasteiger partial charge in [-0.05, 0) is 50.0 Å². The third-order valence-electron chi connectivity index (χ3n) is 5.02. The van der Waals surface area contributed by atoms with Crippen molar-refractivity contribution in [2.75, 3.05) is 13.2 Å². The van der Waals surface area contributed by atoms with Crippen LogP contribution in [0.25, 0.3) is 0 Å². The Morgan fingerprint density at radius 1 is 1.03 bits per heavy atom. The van der Waals surface area contributed by atoms with Crippen LogP contribution in [0.1, 0.15) is 60.3 Å². The number of carbonyl (C=O) groups is 1. The van der Waals surface area contributed by atoms with Gasteiger partial charge in [-0.2, -0.15) is 13.9 Å². The highest BCUT2D eigenvalue weighted by molar-refractivity contribution is 5.84. The number of nitrogens with zero attached hydrogens (tertiary/aromatic N) is 1. The molecule has 1 aliphatic rings. The van der Waals surface area contributed by atoms with Crippen LogP contribution in [0, 0.1) is 29.1 Å². The normalized spacial score (nSPS) is 13.8. The van der Waals surface area contributed by atoms with E-state index in [2.05, 4.69) is 21.3 Å². The lowest BCUT2D eigenvalue weighted by molar-refractivity contribution is -0.133. The number of carbonyl (C=O) groups excluding carboxylic acids is 1. The summed E-state index contributed by atoms with van der Waals surface area (Å²) in [5, 5.41) is 4.34. The lowest BCUT2D eigenvalue weighted by atomic mass is 10.1. The van der Waals surface area contributed by atoms with E-state index in [9.17, 15) is 26.7 Å². The molecule has 214 valence electrons. The van der Waals surface area contributed by atoms with Crippen molar-refractivity contribution in [2.45, 2.75) is 60.3 Å². The molecule has 1 aliphatic carbocycles. The van der Waals surface area contributed by atoms with Crippen LogP contribution in [0.3, 0.4) is 0 Å². The van der Waals surface area contributed by atoms with Gasteiger partial charge in [0.25, 0.3) is 0 Å². The van der Waals surface area contributed by atoms with E-state index in [1.165, 1.54) is 6.08 Å². The van der Waals surface area contributed by atoms with Crippen molar-refractivity contribution >= 4 is 11.7 Å². The number of hydrogen-bond donors (Lipinski definition) is 1. The summed E-state index contributed by atoms with van der Waals surface area (Å²) in [6.45, 7) is 10.7. The van der Waals surface area contributed by atoms with Crippen LogP contribution in [0.5, 0.6) is 5.75 Å². The largest absolute Gasteiger partial charge is 0.494 e. The monoisotopic (exact) mass is 554 g/mol. The number of nitrogens with one attached hydrogen (secondary N) is 1. The highest BCUT2D eigenvalue weighted by Gasteiger charge is 2.28. The molecule has 5 nitrogen and oxygen atoms in total. The maximum Gasteiger partial charge on any atom is 0.315 e. The van der Waals surface area contributed by atoms with Crippen molar-refractivity contribution in [2.24, 2.45) is 5.10 Å². The van der Waals surface area contributed by atoms with Gasteiger partial charge in [0, 0.05) is 12.1 Å². The molecule has 0 atom stereocenters. The first-order chi connectivity index (χ1) is 18.7. The summed E-state index contributed by atoms with van der Waals surface area (Å²) in [5.74, 6) is -13.1. The number of hydrazone groups is 1. The van der Waals surface area contributed by atoms with Crippen molar-refractivity contribution in [3.8, 4) is 5.75 Å². The Kier molecular flexibility index (Phi) is 15.2. The van der Waals surface area contributed by atoms with Gasteiger partial charge in [-0.25, -0.2) is 13.2 Å². The number of hydrogen-bond acceptors (Lipinski definition) is 5. The average Bonchev–Trinajstić information content (AvgIpc) is 3.17. The highest BCUT2D eigenvalue weighted by Crippen LogP contribution is 2.29. The third kappa shape index (κ3) is 10.9. The molecular formula is C29H35F5N2O3. The third-order valence-corrected chi connectivity index (χ3v) is 5.02. The zero-order valence-electron chi connectivity index (χ0n) is 22.8. The molecule has 0 amide bonds. The predicted molar refractivity (Wildman–Crippen MR) is 143 cm³/mol. The Morgan fingerprint density at radius 2 is 1.67 bits per heavy atom. The Bertz CT molecular complexity index is 1140. The molecule has 1 N–H and O–H groups in total. The molecule has 1 aromatic rings. The molecular weight excluding hydrogens is 519 g/mol. The van der Waals surface area contributed by atoms with Gasteiger partial charge in [0.15, 0.2) is 0 Å². The number of halogens is 5. The van der Waals surface area contributed by atoms with E-state index in [-0.39, 0.29) is 0 Å². The number of ether oxygens (including phenoxy) is 2. The van der Waals surface area contributed by atoms with Gasteiger partial charge < -0.3 is 14.9 Å². The fraction of sp³-hybridized carbons (Fsp3) is 0.379. The molecule has 0 heterocycles. The summed E-state index contributed by atoms with van der Waals surface area (Å²) in [6.07, 6.45) is 14.6. The van der Waals surface area contributed by atoms with Gasteiger partial charge >= 0.3 is 5.97 Å². The van der Waals surface area contributed by atoms with Crippen molar-refractivity contribution in [1.82, 2.24) is 5.43 Å². The molecule has 0 saturated carbocycles. The maximum absolute atomic E-state index is 13.6. The first-order valence-electron chi connectivity index (χ1n) is 12.7. The summed E-state index contributed by atoms with van der Waals surface area (Å²) < 4.78 is 76.8. The van der Waals surface area contributed by atoms with Crippen LogP contribution >= 0.6 is 0 Å². The van der Waals surface area contributed by atoms with E-state index in [1.807, 2.05) is 45.9 Å².